The van der Waals surface area contributed by atoms with Crippen LogP contribution in [0.2, 0.25) is 0 Å². The normalized spacial score (nSPS) is 21.9. The first-order chi connectivity index (χ1) is 22.9. The van der Waals surface area contributed by atoms with E-state index < -0.39 is 5.60 Å². The van der Waals surface area contributed by atoms with E-state index in [0.717, 1.165) is 58.6 Å². The van der Waals surface area contributed by atoms with E-state index in [9.17, 15) is 9.59 Å². The molecule has 3 nitrogen and oxygen atoms in total. The molecular formula is C43H66O3S3. The number of thiophene rings is 1. The number of rotatable bonds is 17. The number of thiol groups is 2. The third-order valence-corrected chi connectivity index (χ3v) is 13.2. The van der Waals surface area contributed by atoms with Crippen molar-refractivity contribution in [3.05, 3.63) is 55.7 Å². The van der Waals surface area contributed by atoms with E-state index in [4.69, 9.17) is 30.0 Å². The smallest absolute Gasteiger partial charge is 0.172 e. The summed E-state index contributed by atoms with van der Waals surface area (Å²) in [6, 6.07) is 2.25. The Balaban J connectivity index is 2.09. The maximum atomic E-state index is 13.1. The van der Waals surface area contributed by atoms with Crippen LogP contribution in [0.25, 0.3) is 4.91 Å². The Labute approximate surface area is 314 Å². The third-order valence-electron chi connectivity index (χ3n) is 10.2. The SMILES string of the molecule is CC(C)CCCC(C)CCC1(CCC(C)CCCC(C)C)Oc2cc(C(C)C)sc2C(S)=C1/C=C/C=C1\C(=O)CC(=O)\C1=C(\S)C(C)(C)C. The molecule has 1 aliphatic carbocycles. The molecule has 1 aromatic rings. The van der Waals surface area contributed by atoms with Crippen LogP contribution >= 0.6 is 36.6 Å². The van der Waals surface area contributed by atoms with E-state index in [-0.39, 0.29) is 23.4 Å². The number of fused-ring (bicyclic) bond motifs is 1. The number of ether oxygens (including phenoxy) is 1. The Bertz CT molecular complexity index is 1400. The van der Waals surface area contributed by atoms with E-state index >= 15 is 0 Å². The molecule has 0 aromatic carbocycles. The average molecular weight is 727 g/mol. The Kier molecular flexibility index (Phi) is 15.7. The molecule has 3 rings (SSSR count). The van der Waals surface area contributed by atoms with Crippen LogP contribution in [0.3, 0.4) is 0 Å². The molecule has 1 saturated carbocycles. The zero-order chi connectivity index (χ0) is 36.7. The minimum absolute atomic E-state index is 0.0946. The van der Waals surface area contributed by atoms with Crippen molar-refractivity contribution < 1.29 is 14.3 Å². The molecule has 1 aliphatic heterocycles. The molecule has 1 fully saturated rings. The van der Waals surface area contributed by atoms with E-state index in [2.05, 4.69) is 67.5 Å². The highest BCUT2D eigenvalue weighted by molar-refractivity contribution is 7.91. The number of hydrogen-bond acceptors (Lipinski definition) is 6. The van der Waals surface area contributed by atoms with Crippen molar-refractivity contribution in [2.24, 2.45) is 29.1 Å². The summed E-state index contributed by atoms with van der Waals surface area (Å²) < 4.78 is 7.27. The molecule has 0 radical (unpaired) electrons. The van der Waals surface area contributed by atoms with Gasteiger partial charge in [0.1, 0.15) is 11.4 Å². The summed E-state index contributed by atoms with van der Waals surface area (Å²) in [7, 11) is 0. The lowest BCUT2D eigenvalue weighted by molar-refractivity contribution is -0.120. The Hall–Kier alpha value is -1.50. The van der Waals surface area contributed by atoms with Gasteiger partial charge < -0.3 is 4.74 Å². The second-order valence-electron chi connectivity index (χ2n) is 17.2. The van der Waals surface area contributed by atoms with Crippen molar-refractivity contribution >= 4 is 53.1 Å². The highest BCUT2D eigenvalue weighted by atomic mass is 32.1. The van der Waals surface area contributed by atoms with E-state index in [1.54, 1.807) is 11.3 Å². The first kappa shape index (κ1) is 41.9. The standard InChI is InChI=1S/C43H66O3S3/c1-27(2)15-12-17-30(7)21-23-43(24-22-31(8)18-13-16-28(3)4)33(39(47)40-36(46-43)26-37(49-40)29(5)6)20-14-19-32-34(44)25-35(45)38(32)41(48)42(9,10)11/h14,19-20,26-31,47-48H,12-13,15-18,21-25H2,1-11H3/b20-14+,32-19+,41-38+. The van der Waals surface area contributed by atoms with E-state index in [1.807, 2.05) is 32.9 Å². The fourth-order valence-electron chi connectivity index (χ4n) is 6.92. The van der Waals surface area contributed by atoms with E-state index in [0.29, 0.717) is 33.8 Å². The van der Waals surface area contributed by atoms with Gasteiger partial charge in [0.05, 0.1) is 11.3 Å². The maximum absolute atomic E-state index is 13.1. The van der Waals surface area contributed by atoms with Gasteiger partial charge in [-0.25, -0.2) is 0 Å². The predicted octanol–water partition coefficient (Wildman–Crippen LogP) is 13.4. The van der Waals surface area contributed by atoms with Crippen molar-refractivity contribution in [2.75, 3.05) is 0 Å². The molecule has 2 atom stereocenters. The number of hydrogen-bond donors (Lipinski definition) is 2. The molecule has 0 bridgehead atoms. The zero-order valence-corrected chi connectivity index (χ0v) is 35.1. The minimum atomic E-state index is -0.526. The monoisotopic (exact) mass is 726 g/mol. The molecule has 0 amide bonds. The fourth-order valence-corrected chi connectivity index (χ4v) is 8.73. The van der Waals surface area contributed by atoms with Crippen LogP contribution in [0, 0.1) is 29.1 Å². The average Bonchev–Trinajstić information content (AvgIpc) is 3.55. The highest BCUT2D eigenvalue weighted by Gasteiger charge is 2.42. The molecular weight excluding hydrogens is 661 g/mol. The lowest BCUT2D eigenvalue weighted by Crippen LogP contribution is -2.41. The van der Waals surface area contributed by atoms with Gasteiger partial charge in [0.25, 0.3) is 0 Å². The second kappa shape index (κ2) is 18.3. The molecule has 0 spiro atoms. The van der Waals surface area contributed by atoms with Gasteiger partial charge in [-0.2, -0.15) is 0 Å². The van der Waals surface area contributed by atoms with Gasteiger partial charge in [-0.1, -0.05) is 133 Å². The number of carbonyl (C=O) groups is 2. The van der Waals surface area contributed by atoms with Gasteiger partial charge in [0.15, 0.2) is 11.6 Å². The van der Waals surface area contributed by atoms with Crippen LogP contribution in [0.15, 0.2) is 45.9 Å². The van der Waals surface area contributed by atoms with Crippen LogP contribution < -0.4 is 4.74 Å². The molecule has 0 N–H and O–H groups in total. The Morgan fingerprint density at radius 3 is 1.92 bits per heavy atom. The topological polar surface area (TPSA) is 43.4 Å². The lowest BCUT2D eigenvalue weighted by Gasteiger charge is -2.41. The quantitative estimate of drug-likeness (QED) is 0.0954. The summed E-state index contributed by atoms with van der Waals surface area (Å²) in [5.74, 6) is 3.71. The number of Topliss-reactive ketones (excluding diaryl/α,β-unsaturated/α-hetero) is 2. The fraction of sp³-hybridized carbons (Fsp3) is 0.674. The summed E-state index contributed by atoms with van der Waals surface area (Å²) in [5, 5.41) is 0. The molecule has 2 unspecified atom stereocenters. The van der Waals surface area contributed by atoms with Crippen LogP contribution in [-0.2, 0) is 9.59 Å². The number of carbonyl (C=O) groups excluding carboxylic acids is 2. The highest BCUT2D eigenvalue weighted by Crippen LogP contribution is 2.52. The van der Waals surface area contributed by atoms with Gasteiger partial charge in [0.2, 0.25) is 0 Å². The molecule has 274 valence electrons. The number of ketones is 2. The molecule has 2 aliphatic rings. The van der Waals surface area contributed by atoms with Crippen molar-refractivity contribution in [1.82, 2.24) is 0 Å². The summed E-state index contributed by atoms with van der Waals surface area (Å²) in [6.07, 6.45) is 17.3. The molecule has 2 heterocycles. The van der Waals surface area contributed by atoms with Crippen LogP contribution in [-0.4, -0.2) is 17.2 Å². The van der Waals surface area contributed by atoms with Crippen LogP contribution in [0.5, 0.6) is 5.75 Å². The van der Waals surface area contributed by atoms with Crippen LogP contribution in [0.1, 0.15) is 162 Å². The lowest BCUT2D eigenvalue weighted by atomic mass is 9.78. The molecule has 6 heteroatoms. The van der Waals surface area contributed by atoms with Crippen LogP contribution in [0.4, 0.5) is 0 Å². The van der Waals surface area contributed by atoms with Gasteiger partial charge in [0, 0.05) is 26.5 Å². The van der Waals surface area contributed by atoms with Gasteiger partial charge in [-0.3, -0.25) is 9.59 Å². The Morgan fingerprint density at radius 2 is 1.43 bits per heavy atom. The van der Waals surface area contributed by atoms with Crippen molar-refractivity contribution in [3.8, 4) is 5.75 Å². The van der Waals surface area contributed by atoms with Gasteiger partial charge >= 0.3 is 0 Å². The predicted molar refractivity (Wildman–Crippen MR) is 219 cm³/mol. The first-order valence-corrected chi connectivity index (χ1v) is 20.7. The Morgan fingerprint density at radius 1 is 0.878 bits per heavy atom. The summed E-state index contributed by atoms with van der Waals surface area (Å²) in [4.78, 5) is 30.1. The van der Waals surface area contributed by atoms with E-state index in [1.165, 1.54) is 43.4 Å². The summed E-state index contributed by atoms with van der Waals surface area (Å²) in [5.41, 5.74) is 1.15. The largest absolute Gasteiger partial charge is 0.481 e. The van der Waals surface area contributed by atoms with Gasteiger partial charge in [-0.05, 0) is 71.7 Å². The second-order valence-corrected chi connectivity index (χ2v) is 19.2. The molecule has 0 saturated heterocycles. The first-order valence-electron chi connectivity index (χ1n) is 19.0. The zero-order valence-electron chi connectivity index (χ0n) is 32.5. The molecule has 49 heavy (non-hydrogen) atoms. The summed E-state index contributed by atoms with van der Waals surface area (Å²) >= 11 is 11.8. The minimum Gasteiger partial charge on any atom is -0.481 e. The van der Waals surface area contributed by atoms with Gasteiger partial charge in [-0.15, -0.1) is 36.6 Å². The van der Waals surface area contributed by atoms with Crippen molar-refractivity contribution in [2.45, 2.75) is 158 Å². The summed E-state index contributed by atoms with van der Waals surface area (Å²) in [6.45, 7) is 24.6. The maximum Gasteiger partial charge on any atom is 0.172 e. The van der Waals surface area contributed by atoms with Crippen molar-refractivity contribution in [3.63, 3.8) is 0 Å². The molecule has 1 aromatic heterocycles. The third kappa shape index (κ3) is 11.5. The number of allylic oxidation sites excluding steroid dienone is 5. The van der Waals surface area contributed by atoms with Crippen molar-refractivity contribution in [1.29, 1.82) is 0 Å².